The number of hydrogen-bond donors (Lipinski definition) is 2. The van der Waals surface area contributed by atoms with Crippen molar-refractivity contribution in [3.63, 3.8) is 0 Å². The first-order valence-corrected chi connectivity index (χ1v) is 9.13. The molecule has 3 amide bonds. The molecule has 2 bridgehead atoms. The number of carbonyl (C=O) groups excluding carboxylic acids is 2. The third-order valence-electron chi connectivity index (χ3n) is 5.23. The van der Waals surface area contributed by atoms with E-state index in [1.807, 2.05) is 24.8 Å². The highest BCUT2D eigenvalue weighted by Gasteiger charge is 2.35. The van der Waals surface area contributed by atoms with Gasteiger partial charge in [0.05, 0.1) is 0 Å². The molecule has 2 saturated heterocycles. The van der Waals surface area contributed by atoms with Crippen LogP contribution in [0.25, 0.3) is 0 Å². The Labute approximate surface area is 149 Å². The van der Waals surface area contributed by atoms with E-state index >= 15 is 0 Å². The van der Waals surface area contributed by atoms with Gasteiger partial charge in [0.25, 0.3) is 5.91 Å². The number of hydrogen-bond acceptors (Lipinski definition) is 3. The molecule has 1 aromatic rings. The summed E-state index contributed by atoms with van der Waals surface area (Å²) in [5, 5.41) is 5.82. The first kappa shape index (κ1) is 17.7. The van der Waals surface area contributed by atoms with Crippen LogP contribution < -0.4 is 10.6 Å². The Balaban J connectivity index is 1.64. The summed E-state index contributed by atoms with van der Waals surface area (Å²) in [7, 11) is 2.17. The highest BCUT2D eigenvalue weighted by atomic mass is 16.2. The molecule has 2 atom stereocenters. The summed E-state index contributed by atoms with van der Waals surface area (Å²) in [6.45, 7) is 5.40. The van der Waals surface area contributed by atoms with E-state index in [0.29, 0.717) is 23.3 Å². The summed E-state index contributed by atoms with van der Waals surface area (Å²) in [4.78, 5) is 29.1. The van der Waals surface area contributed by atoms with Gasteiger partial charge in [0.15, 0.2) is 0 Å². The minimum Gasteiger partial charge on any atom is -0.350 e. The maximum Gasteiger partial charge on any atom is 0.321 e. The summed E-state index contributed by atoms with van der Waals surface area (Å²) < 4.78 is 0. The number of likely N-dealkylation sites (tertiary alicyclic amines) is 1. The summed E-state index contributed by atoms with van der Waals surface area (Å²) in [5.74, 6) is -0.125. The number of rotatable bonds is 3. The standard InChI is InChI=1S/C19H28N4O2/c1-13(2)20-18(24)14-5-4-6-15(11-14)21-19(25)23-10-9-16-7-8-17(12-23)22(16)3/h4-6,11,13,16-17H,7-10,12H2,1-3H3,(H,20,24)(H,21,25)/t16-,17+/m1/s1. The molecule has 3 rings (SSSR count). The Morgan fingerprint density at radius 2 is 1.92 bits per heavy atom. The lowest BCUT2D eigenvalue weighted by Crippen LogP contribution is -2.41. The summed E-state index contributed by atoms with van der Waals surface area (Å²) in [6, 6.07) is 8.16. The molecule has 6 heteroatoms. The van der Waals surface area contributed by atoms with Gasteiger partial charge in [-0.3, -0.25) is 9.69 Å². The van der Waals surface area contributed by atoms with E-state index in [0.717, 1.165) is 25.9 Å². The zero-order valence-electron chi connectivity index (χ0n) is 15.3. The van der Waals surface area contributed by atoms with Crippen molar-refractivity contribution in [1.29, 1.82) is 0 Å². The average Bonchev–Trinajstić information content (AvgIpc) is 2.79. The van der Waals surface area contributed by atoms with E-state index in [4.69, 9.17) is 0 Å². The SMILES string of the molecule is CC(C)NC(=O)c1cccc(NC(=O)N2CC[C@H]3CC[C@@H](C2)N3C)c1. The van der Waals surface area contributed by atoms with Crippen LogP contribution in [0.5, 0.6) is 0 Å². The highest BCUT2D eigenvalue weighted by Crippen LogP contribution is 2.28. The fourth-order valence-electron chi connectivity index (χ4n) is 3.78. The fourth-order valence-corrected chi connectivity index (χ4v) is 3.78. The normalized spacial score (nSPS) is 23.4. The van der Waals surface area contributed by atoms with Crippen LogP contribution in [-0.2, 0) is 0 Å². The van der Waals surface area contributed by atoms with Gasteiger partial charge >= 0.3 is 6.03 Å². The van der Waals surface area contributed by atoms with Gasteiger partial charge in [0.2, 0.25) is 0 Å². The lowest BCUT2D eigenvalue weighted by Gasteiger charge is -2.26. The van der Waals surface area contributed by atoms with Crippen LogP contribution in [0.1, 0.15) is 43.5 Å². The van der Waals surface area contributed by atoms with Crippen LogP contribution in [-0.4, -0.2) is 60.0 Å². The molecule has 2 aliphatic rings. The largest absolute Gasteiger partial charge is 0.350 e. The van der Waals surface area contributed by atoms with Gasteiger partial charge in [0, 0.05) is 42.5 Å². The molecular formula is C19H28N4O2. The lowest BCUT2D eigenvalue weighted by atomic mass is 10.1. The Kier molecular flexibility index (Phi) is 5.27. The zero-order valence-corrected chi connectivity index (χ0v) is 15.3. The molecule has 2 N–H and O–H groups in total. The van der Waals surface area contributed by atoms with Crippen molar-refractivity contribution >= 4 is 17.6 Å². The van der Waals surface area contributed by atoms with Crippen LogP contribution in [0.2, 0.25) is 0 Å². The maximum atomic E-state index is 12.7. The third-order valence-corrected chi connectivity index (χ3v) is 5.23. The molecule has 2 aliphatic heterocycles. The van der Waals surface area contributed by atoms with Crippen molar-refractivity contribution in [2.24, 2.45) is 0 Å². The van der Waals surface area contributed by atoms with Crippen molar-refractivity contribution < 1.29 is 9.59 Å². The molecule has 0 spiro atoms. The Morgan fingerprint density at radius 1 is 1.16 bits per heavy atom. The molecule has 2 fully saturated rings. The minimum atomic E-state index is -0.125. The quantitative estimate of drug-likeness (QED) is 0.886. The third kappa shape index (κ3) is 4.12. The molecule has 0 radical (unpaired) electrons. The number of likely N-dealkylation sites (N-methyl/N-ethyl adjacent to an activating group) is 1. The Morgan fingerprint density at radius 3 is 2.68 bits per heavy atom. The van der Waals surface area contributed by atoms with Crippen LogP contribution in [0, 0.1) is 0 Å². The van der Waals surface area contributed by atoms with Crippen molar-refractivity contribution in [1.82, 2.24) is 15.1 Å². The maximum absolute atomic E-state index is 12.7. The molecule has 2 heterocycles. The molecule has 0 aliphatic carbocycles. The zero-order chi connectivity index (χ0) is 18.0. The predicted molar refractivity (Wildman–Crippen MR) is 98.8 cm³/mol. The molecule has 6 nitrogen and oxygen atoms in total. The monoisotopic (exact) mass is 344 g/mol. The number of urea groups is 1. The van der Waals surface area contributed by atoms with Crippen molar-refractivity contribution in [3.05, 3.63) is 29.8 Å². The van der Waals surface area contributed by atoms with E-state index in [9.17, 15) is 9.59 Å². The second kappa shape index (κ2) is 7.44. The predicted octanol–water partition coefficient (Wildman–Crippen LogP) is 2.53. The number of nitrogens with one attached hydrogen (secondary N) is 2. The molecule has 0 saturated carbocycles. The highest BCUT2D eigenvalue weighted by molar-refractivity contribution is 5.97. The molecule has 0 unspecified atom stereocenters. The van der Waals surface area contributed by atoms with Gasteiger partial charge in [-0.1, -0.05) is 6.07 Å². The number of carbonyl (C=O) groups is 2. The van der Waals surface area contributed by atoms with E-state index in [2.05, 4.69) is 22.6 Å². The van der Waals surface area contributed by atoms with E-state index in [1.165, 1.54) is 6.42 Å². The number of amides is 3. The molecule has 25 heavy (non-hydrogen) atoms. The first-order chi connectivity index (χ1) is 11.9. The molecule has 0 aromatic heterocycles. The van der Waals surface area contributed by atoms with Gasteiger partial charge < -0.3 is 15.5 Å². The lowest BCUT2D eigenvalue weighted by molar-refractivity contribution is 0.0943. The van der Waals surface area contributed by atoms with Gasteiger partial charge in [-0.25, -0.2) is 4.79 Å². The van der Waals surface area contributed by atoms with Gasteiger partial charge in [-0.2, -0.15) is 0 Å². The van der Waals surface area contributed by atoms with Crippen LogP contribution >= 0.6 is 0 Å². The van der Waals surface area contributed by atoms with E-state index < -0.39 is 0 Å². The Hall–Kier alpha value is -2.08. The second-order valence-electron chi connectivity index (χ2n) is 7.42. The van der Waals surface area contributed by atoms with Crippen molar-refractivity contribution in [2.45, 2.75) is 51.2 Å². The minimum absolute atomic E-state index is 0.0789. The summed E-state index contributed by atoms with van der Waals surface area (Å²) in [5.41, 5.74) is 1.21. The van der Waals surface area contributed by atoms with Gasteiger partial charge in [0.1, 0.15) is 0 Å². The topological polar surface area (TPSA) is 64.7 Å². The average molecular weight is 344 g/mol. The van der Waals surface area contributed by atoms with Crippen LogP contribution in [0.3, 0.4) is 0 Å². The molecule has 136 valence electrons. The van der Waals surface area contributed by atoms with Gasteiger partial charge in [-0.15, -0.1) is 0 Å². The fraction of sp³-hybridized carbons (Fsp3) is 0.579. The van der Waals surface area contributed by atoms with Crippen LogP contribution in [0.4, 0.5) is 10.5 Å². The van der Waals surface area contributed by atoms with Crippen LogP contribution in [0.15, 0.2) is 24.3 Å². The summed E-state index contributed by atoms with van der Waals surface area (Å²) in [6.07, 6.45) is 3.43. The van der Waals surface area contributed by atoms with Crippen molar-refractivity contribution in [3.8, 4) is 0 Å². The number of nitrogens with zero attached hydrogens (tertiary/aromatic N) is 2. The molecular weight excluding hydrogens is 316 g/mol. The van der Waals surface area contributed by atoms with E-state index in [1.54, 1.807) is 18.2 Å². The van der Waals surface area contributed by atoms with Gasteiger partial charge in [-0.05, 0) is 58.4 Å². The van der Waals surface area contributed by atoms with E-state index in [-0.39, 0.29) is 18.0 Å². The molecule has 1 aromatic carbocycles. The number of anilines is 1. The van der Waals surface area contributed by atoms with Crippen molar-refractivity contribution in [2.75, 3.05) is 25.5 Å². The Bertz CT molecular complexity index is 646. The second-order valence-corrected chi connectivity index (χ2v) is 7.42. The summed E-state index contributed by atoms with van der Waals surface area (Å²) >= 11 is 0. The number of benzene rings is 1. The number of fused-ring (bicyclic) bond motifs is 2. The smallest absolute Gasteiger partial charge is 0.321 e. The first-order valence-electron chi connectivity index (χ1n) is 9.13.